The maximum atomic E-state index is 11.1. The Morgan fingerprint density at radius 1 is 1.14 bits per heavy atom. The summed E-state index contributed by atoms with van der Waals surface area (Å²) in [5.74, 6) is 0. The molecule has 0 N–H and O–H groups in total. The topological polar surface area (TPSA) is 99.8 Å². The molecule has 0 atom stereocenters. The van der Waals surface area contributed by atoms with Crippen molar-refractivity contribution < 1.29 is 9.53 Å². The Morgan fingerprint density at radius 2 is 1.91 bits per heavy atom. The lowest BCUT2D eigenvalue weighted by Gasteiger charge is -2.02. The smallest absolute Gasteiger partial charge is 0.447 e. The number of hydrogen-bond acceptors (Lipinski definition) is 4. The van der Waals surface area contributed by atoms with Crippen molar-refractivity contribution in [2.24, 2.45) is 15.3 Å². The molecule has 0 heterocycles. The highest BCUT2D eigenvalue weighted by Gasteiger charge is 2.00. The minimum Gasteiger partial charge on any atom is -0.447 e. The maximum Gasteiger partial charge on any atom is 0.452 e. The summed E-state index contributed by atoms with van der Waals surface area (Å²) in [6, 6.07) is 14.4. The van der Waals surface area contributed by atoms with Crippen LogP contribution < -0.4 is 0 Å². The Labute approximate surface area is 126 Å². The summed E-state index contributed by atoms with van der Waals surface area (Å²) in [5.41, 5.74) is 11.4. The van der Waals surface area contributed by atoms with Crippen LogP contribution in [0.4, 0.5) is 16.2 Å². The summed E-state index contributed by atoms with van der Waals surface area (Å²) in [6.45, 7) is 1.96. The van der Waals surface area contributed by atoms with Gasteiger partial charge >= 0.3 is 6.09 Å². The molecule has 2 aromatic rings. The Balaban J connectivity index is 2.16. The minimum absolute atomic E-state index is 0.262. The van der Waals surface area contributed by atoms with Crippen molar-refractivity contribution in [2.45, 2.75) is 6.92 Å². The molecule has 7 nitrogen and oxygen atoms in total. The van der Waals surface area contributed by atoms with Crippen LogP contribution in [-0.4, -0.2) is 12.7 Å². The summed E-state index contributed by atoms with van der Waals surface area (Å²) < 4.78 is 4.65. The fourth-order valence-corrected chi connectivity index (χ4v) is 1.77. The lowest BCUT2D eigenvalue weighted by molar-refractivity contribution is 0.162. The Morgan fingerprint density at radius 3 is 2.59 bits per heavy atom. The van der Waals surface area contributed by atoms with Crippen molar-refractivity contribution in [2.75, 3.05) is 6.61 Å². The molecular weight excluding hydrogens is 282 g/mol. The zero-order valence-corrected chi connectivity index (χ0v) is 11.9. The lowest BCUT2D eigenvalue weighted by atomic mass is 10.1. The van der Waals surface area contributed by atoms with E-state index in [2.05, 4.69) is 25.0 Å². The number of benzene rings is 2. The van der Waals surface area contributed by atoms with Crippen molar-refractivity contribution in [3.05, 3.63) is 59.0 Å². The fourth-order valence-electron chi connectivity index (χ4n) is 1.77. The number of nitrogens with zero attached hydrogens (tertiary/aromatic N) is 5. The van der Waals surface area contributed by atoms with Crippen LogP contribution in [0.1, 0.15) is 6.92 Å². The molecule has 22 heavy (non-hydrogen) atoms. The first-order valence-corrected chi connectivity index (χ1v) is 6.57. The SMILES string of the molecule is CCOC(=O)N=Nc1ccc(-c2cccc(N=[N+]=[N-])c2)cc1. The van der Waals surface area contributed by atoms with Crippen molar-refractivity contribution >= 4 is 17.5 Å². The van der Waals surface area contributed by atoms with Gasteiger partial charge in [0, 0.05) is 10.6 Å². The molecule has 0 aliphatic carbocycles. The molecule has 110 valence electrons. The van der Waals surface area contributed by atoms with Crippen LogP contribution in [-0.2, 0) is 4.74 Å². The predicted octanol–water partition coefficient (Wildman–Crippen LogP) is 5.54. The Bertz CT molecular complexity index is 734. The zero-order valence-electron chi connectivity index (χ0n) is 11.9. The molecule has 0 aliphatic heterocycles. The first-order valence-electron chi connectivity index (χ1n) is 6.57. The largest absolute Gasteiger partial charge is 0.452 e. The number of hydrogen-bond donors (Lipinski definition) is 0. The van der Waals surface area contributed by atoms with E-state index in [-0.39, 0.29) is 6.61 Å². The van der Waals surface area contributed by atoms with Gasteiger partial charge in [0.05, 0.1) is 12.3 Å². The summed E-state index contributed by atoms with van der Waals surface area (Å²) >= 11 is 0. The monoisotopic (exact) mass is 295 g/mol. The number of carbonyl (C=O) groups is 1. The van der Waals surface area contributed by atoms with Gasteiger partial charge in [-0.1, -0.05) is 40.6 Å². The van der Waals surface area contributed by atoms with E-state index in [1.54, 1.807) is 31.2 Å². The molecule has 0 bridgehead atoms. The van der Waals surface area contributed by atoms with Crippen LogP contribution in [0.3, 0.4) is 0 Å². The Hall–Kier alpha value is -3.18. The quantitative estimate of drug-likeness (QED) is 0.420. The van der Waals surface area contributed by atoms with Gasteiger partial charge in [0.2, 0.25) is 0 Å². The average molecular weight is 295 g/mol. The third-order valence-electron chi connectivity index (χ3n) is 2.72. The standard InChI is InChI=1S/C15H13N5O2/c1-2-22-15(21)19-17-13-8-6-11(7-9-13)12-4-3-5-14(10-12)18-20-16/h3-10H,2H2,1H3. The number of azo groups is 1. The number of ether oxygens (including phenoxy) is 1. The molecule has 1 amide bonds. The highest BCUT2D eigenvalue weighted by atomic mass is 16.5. The van der Waals surface area contributed by atoms with Crippen LogP contribution in [0.2, 0.25) is 0 Å². The van der Waals surface area contributed by atoms with Gasteiger partial charge < -0.3 is 4.74 Å². The molecule has 0 fully saturated rings. The van der Waals surface area contributed by atoms with Crippen molar-refractivity contribution in [3.63, 3.8) is 0 Å². The van der Waals surface area contributed by atoms with Gasteiger partial charge in [-0.3, -0.25) is 0 Å². The molecule has 7 heteroatoms. The summed E-state index contributed by atoms with van der Waals surface area (Å²) in [7, 11) is 0. The maximum absolute atomic E-state index is 11.1. The number of rotatable bonds is 4. The van der Waals surface area contributed by atoms with Gasteiger partial charge in [-0.15, -0.1) is 5.11 Å². The average Bonchev–Trinajstić information content (AvgIpc) is 2.54. The molecule has 0 saturated carbocycles. The lowest BCUT2D eigenvalue weighted by Crippen LogP contribution is -1.95. The zero-order chi connectivity index (χ0) is 15.8. The molecule has 0 aromatic heterocycles. The van der Waals surface area contributed by atoms with Crippen LogP contribution in [0, 0.1) is 0 Å². The number of amides is 1. The second-order valence-electron chi connectivity index (χ2n) is 4.19. The van der Waals surface area contributed by atoms with Crippen molar-refractivity contribution in [3.8, 4) is 11.1 Å². The summed E-state index contributed by atoms with van der Waals surface area (Å²) in [4.78, 5) is 13.8. The minimum atomic E-state index is -0.714. The first kappa shape index (κ1) is 15.2. The third-order valence-corrected chi connectivity index (χ3v) is 2.72. The summed E-state index contributed by atoms with van der Waals surface area (Å²) in [5, 5.41) is 10.8. The van der Waals surface area contributed by atoms with Gasteiger partial charge in [0.25, 0.3) is 0 Å². The normalized spacial score (nSPS) is 10.2. The first-order chi connectivity index (χ1) is 10.7. The third kappa shape index (κ3) is 4.16. The molecule has 0 unspecified atom stereocenters. The molecular formula is C15H13N5O2. The van der Waals surface area contributed by atoms with Gasteiger partial charge in [0.15, 0.2) is 0 Å². The molecule has 0 aliphatic rings. The molecule has 0 spiro atoms. The fraction of sp³-hybridized carbons (Fsp3) is 0.133. The van der Waals surface area contributed by atoms with Crippen LogP contribution in [0.15, 0.2) is 63.9 Å². The van der Waals surface area contributed by atoms with Crippen LogP contribution in [0.25, 0.3) is 21.6 Å². The molecule has 2 rings (SSSR count). The molecule has 0 radical (unpaired) electrons. The van der Waals surface area contributed by atoms with Crippen molar-refractivity contribution in [1.82, 2.24) is 0 Å². The molecule has 2 aromatic carbocycles. The van der Waals surface area contributed by atoms with E-state index >= 15 is 0 Å². The van der Waals surface area contributed by atoms with Crippen molar-refractivity contribution in [1.29, 1.82) is 0 Å². The summed E-state index contributed by atoms with van der Waals surface area (Å²) in [6.07, 6.45) is -0.714. The Kier molecular flexibility index (Phi) is 5.23. The van der Waals surface area contributed by atoms with E-state index in [4.69, 9.17) is 5.53 Å². The second-order valence-corrected chi connectivity index (χ2v) is 4.19. The second kappa shape index (κ2) is 7.56. The van der Waals surface area contributed by atoms with Gasteiger partial charge in [-0.25, -0.2) is 4.79 Å². The number of carbonyl (C=O) groups excluding carboxylic acids is 1. The van der Waals surface area contributed by atoms with Crippen LogP contribution >= 0.6 is 0 Å². The van der Waals surface area contributed by atoms with Gasteiger partial charge in [0.1, 0.15) is 0 Å². The molecule has 0 saturated heterocycles. The van der Waals surface area contributed by atoms with Crippen LogP contribution in [0.5, 0.6) is 0 Å². The van der Waals surface area contributed by atoms with E-state index < -0.39 is 6.09 Å². The number of azide groups is 1. The van der Waals surface area contributed by atoms with E-state index in [9.17, 15) is 4.79 Å². The van der Waals surface area contributed by atoms with Gasteiger partial charge in [-0.2, -0.15) is 0 Å². The van der Waals surface area contributed by atoms with Gasteiger partial charge in [-0.05, 0) is 41.8 Å². The highest BCUT2D eigenvalue weighted by Crippen LogP contribution is 2.26. The highest BCUT2D eigenvalue weighted by molar-refractivity contribution is 5.69. The van der Waals surface area contributed by atoms with E-state index in [0.717, 1.165) is 11.1 Å². The van der Waals surface area contributed by atoms with E-state index in [0.29, 0.717) is 11.4 Å². The predicted molar refractivity (Wildman–Crippen MR) is 82.2 cm³/mol. The van der Waals surface area contributed by atoms with E-state index in [1.807, 2.05) is 24.3 Å². The van der Waals surface area contributed by atoms with E-state index in [1.165, 1.54) is 0 Å².